The molecule has 201 valence electrons. The number of ketones is 1. The zero-order chi connectivity index (χ0) is 26.5. The fourth-order valence-electron chi connectivity index (χ4n) is 3.84. The van der Waals surface area contributed by atoms with Gasteiger partial charge in [-0.05, 0) is 5.53 Å². The van der Waals surface area contributed by atoms with E-state index < -0.39 is 17.9 Å². The number of hydrogen-bond acceptors (Lipinski definition) is 9. The molecule has 1 fully saturated rings. The van der Waals surface area contributed by atoms with Gasteiger partial charge in [-0.1, -0.05) is 29.4 Å². The van der Waals surface area contributed by atoms with Crippen LogP contribution in [-0.2, 0) is 14.4 Å². The number of carbonyl (C=O) groups is 4. The van der Waals surface area contributed by atoms with Crippen molar-refractivity contribution in [1.29, 1.82) is 0 Å². The van der Waals surface area contributed by atoms with Crippen LogP contribution in [0.25, 0.3) is 10.4 Å². The van der Waals surface area contributed by atoms with E-state index >= 15 is 0 Å². The van der Waals surface area contributed by atoms with Crippen molar-refractivity contribution in [3.05, 3.63) is 40.3 Å². The predicted octanol–water partition coefficient (Wildman–Crippen LogP) is 0.287. The summed E-state index contributed by atoms with van der Waals surface area (Å²) < 4.78 is 0. The van der Waals surface area contributed by atoms with E-state index in [0.717, 1.165) is 0 Å². The Kier molecular flexibility index (Phi) is 15.3. The summed E-state index contributed by atoms with van der Waals surface area (Å²) in [6.45, 7) is 1.93. The van der Waals surface area contributed by atoms with Gasteiger partial charge in [-0.2, -0.15) is 0 Å². The summed E-state index contributed by atoms with van der Waals surface area (Å²) in [5.41, 5.74) is 9.33. The SMILES string of the molecule is [N-]=[N+]=Nc1ccc(C(=O)CN2CCN(CC(=O)O)CCN(CC(=O)O)CCN(CC(=O)O)CC2)cc1.[Tb+4]. The third-order valence-corrected chi connectivity index (χ3v) is 5.72. The molecule has 37 heavy (non-hydrogen) atoms. The Bertz CT molecular complexity index is 941. The number of carboxylic acids is 3. The van der Waals surface area contributed by atoms with Gasteiger partial charge < -0.3 is 15.3 Å². The number of carboxylic acid groups (broad SMARTS) is 3. The monoisotopic (exact) mass is 664 g/mol. The van der Waals surface area contributed by atoms with Gasteiger partial charge in [0.25, 0.3) is 0 Å². The zero-order valence-corrected chi connectivity index (χ0v) is 22.4. The predicted molar refractivity (Wildman–Crippen MR) is 128 cm³/mol. The largest absolute Gasteiger partial charge is 4.00 e. The van der Waals surface area contributed by atoms with Crippen molar-refractivity contribution in [3.8, 4) is 0 Å². The first-order chi connectivity index (χ1) is 17.2. The van der Waals surface area contributed by atoms with Gasteiger partial charge in [-0.3, -0.25) is 38.8 Å². The van der Waals surface area contributed by atoms with Gasteiger partial charge in [0.2, 0.25) is 0 Å². The van der Waals surface area contributed by atoms with E-state index in [2.05, 4.69) is 10.0 Å². The molecule has 0 atom stereocenters. The van der Waals surface area contributed by atoms with E-state index in [4.69, 9.17) is 5.53 Å². The maximum atomic E-state index is 12.9. The van der Waals surface area contributed by atoms with Gasteiger partial charge >= 0.3 is 56.5 Å². The Balaban J connectivity index is 0.00000684. The molecule has 1 aromatic rings. The van der Waals surface area contributed by atoms with Gasteiger partial charge in [0.05, 0.1) is 26.2 Å². The Morgan fingerprint density at radius 2 is 1.00 bits per heavy atom. The number of Topliss-reactive ketones (excluding diaryl/α,β-unsaturated/α-hetero) is 1. The summed E-state index contributed by atoms with van der Waals surface area (Å²) >= 11 is 0. The van der Waals surface area contributed by atoms with E-state index in [1.54, 1.807) is 26.8 Å². The average Bonchev–Trinajstić information content (AvgIpc) is 2.80. The molecule has 0 amide bonds. The summed E-state index contributed by atoms with van der Waals surface area (Å²) in [6, 6.07) is 6.20. The second-order valence-electron chi connectivity index (χ2n) is 8.45. The van der Waals surface area contributed by atoms with Gasteiger partial charge in [0.15, 0.2) is 5.78 Å². The van der Waals surface area contributed by atoms with Crippen LogP contribution in [0.4, 0.5) is 5.69 Å². The number of benzene rings is 1. The summed E-state index contributed by atoms with van der Waals surface area (Å²) in [5, 5.41) is 31.3. The van der Waals surface area contributed by atoms with Crippen LogP contribution in [0.3, 0.4) is 0 Å². The van der Waals surface area contributed by atoms with Crippen molar-refractivity contribution >= 4 is 29.4 Å². The van der Waals surface area contributed by atoms with Crippen LogP contribution in [0.1, 0.15) is 10.4 Å². The van der Waals surface area contributed by atoms with E-state index in [1.165, 1.54) is 12.1 Å². The molecule has 0 aliphatic carbocycles. The molecule has 0 aromatic heterocycles. The van der Waals surface area contributed by atoms with Crippen LogP contribution >= 0.6 is 0 Å². The molecule has 1 aliphatic rings. The normalized spacial score (nSPS) is 16.9. The maximum Gasteiger partial charge on any atom is 4.00 e. The van der Waals surface area contributed by atoms with Gasteiger partial charge in [-0.25, -0.2) is 0 Å². The van der Waals surface area contributed by atoms with Crippen LogP contribution in [0.15, 0.2) is 29.4 Å². The van der Waals surface area contributed by atoms with Gasteiger partial charge in [0.1, 0.15) is 0 Å². The molecule has 3 N–H and O–H groups in total. The second kappa shape index (κ2) is 17.3. The van der Waals surface area contributed by atoms with Crippen LogP contribution in [-0.4, -0.2) is 137 Å². The van der Waals surface area contributed by atoms with E-state index in [1.807, 2.05) is 4.90 Å². The Morgan fingerprint density at radius 3 is 1.30 bits per heavy atom. The molecule has 1 heterocycles. The van der Waals surface area contributed by atoms with Gasteiger partial charge in [-0.15, -0.1) is 0 Å². The Labute approximate surface area is 244 Å². The fourth-order valence-corrected chi connectivity index (χ4v) is 3.84. The summed E-state index contributed by atoms with van der Waals surface area (Å²) in [7, 11) is 0. The molecule has 0 spiro atoms. The smallest absolute Gasteiger partial charge is 0.480 e. The molecular weight excluding hydrogens is 633 g/mol. The van der Waals surface area contributed by atoms with Crippen LogP contribution in [0, 0.1) is 38.6 Å². The topological polar surface area (TPSA) is 191 Å². The number of hydrogen-bond donors (Lipinski definition) is 3. The first kappa shape index (κ1) is 32.8. The molecule has 1 radical (unpaired) electrons. The van der Waals surface area contributed by atoms with Gasteiger partial charge in [0, 0.05) is 68.5 Å². The van der Waals surface area contributed by atoms with Crippen LogP contribution in [0.5, 0.6) is 0 Å². The Morgan fingerprint density at radius 1 is 0.676 bits per heavy atom. The second-order valence-corrected chi connectivity index (χ2v) is 8.45. The molecule has 0 saturated carbocycles. The van der Waals surface area contributed by atoms with E-state index in [9.17, 15) is 34.5 Å². The van der Waals surface area contributed by atoms with E-state index in [-0.39, 0.29) is 70.6 Å². The number of rotatable bonds is 10. The molecule has 0 unspecified atom stereocenters. The molecule has 2 rings (SSSR count). The summed E-state index contributed by atoms with van der Waals surface area (Å²) in [5.74, 6) is -3.23. The van der Waals surface area contributed by atoms with Crippen molar-refractivity contribution < 1.29 is 73.1 Å². The Hall–Kier alpha value is -2.26. The molecule has 1 aromatic carbocycles. The number of azide groups is 1. The quantitative estimate of drug-likeness (QED) is 0.135. The van der Waals surface area contributed by atoms with Crippen LogP contribution in [0.2, 0.25) is 0 Å². The van der Waals surface area contributed by atoms with Crippen molar-refractivity contribution in [3.63, 3.8) is 0 Å². The molecule has 14 nitrogen and oxygen atoms in total. The molecule has 0 bridgehead atoms. The third kappa shape index (κ3) is 13.2. The molecule has 15 heteroatoms. The summed E-state index contributed by atoms with van der Waals surface area (Å²) in [4.78, 5) is 56.5. The minimum absolute atomic E-state index is 0. The van der Waals surface area contributed by atoms with E-state index in [0.29, 0.717) is 63.6 Å². The average molecular weight is 664 g/mol. The maximum absolute atomic E-state index is 12.9. The number of aliphatic carboxylic acids is 3. The van der Waals surface area contributed by atoms with Crippen LogP contribution < -0.4 is 0 Å². The third-order valence-electron chi connectivity index (χ3n) is 5.72. The fraction of sp³-hybridized carbons (Fsp3) is 0.545. The number of carbonyl (C=O) groups excluding carboxylic acids is 1. The first-order valence-corrected chi connectivity index (χ1v) is 11.4. The standard InChI is InChI=1S/C22H31N7O7.Tb/c23-25-24-18-3-1-17(2-4-18)19(30)13-26-5-7-27(14-20(31)32)9-11-29(16-22(35)36)12-10-28(8-6-26)15-21(33)34;/h1-4H,5-16H2,(H,31,32)(H,33,34)(H,35,36);/q;+4. The van der Waals surface area contributed by atoms with Crippen molar-refractivity contribution in [1.82, 2.24) is 19.6 Å². The van der Waals surface area contributed by atoms with Crippen molar-refractivity contribution in [2.45, 2.75) is 0 Å². The first-order valence-electron chi connectivity index (χ1n) is 11.4. The summed E-state index contributed by atoms with van der Waals surface area (Å²) in [6.07, 6.45) is 0. The molecular formula is C22H31N7O7Tb+4. The number of nitrogens with zero attached hydrogens (tertiary/aromatic N) is 7. The zero-order valence-electron chi connectivity index (χ0n) is 20.2. The molecule has 1 saturated heterocycles. The minimum atomic E-state index is -1.02. The van der Waals surface area contributed by atoms with Crippen molar-refractivity contribution in [2.75, 3.05) is 78.5 Å². The minimum Gasteiger partial charge on any atom is -0.480 e. The molecule has 1 aliphatic heterocycles. The van der Waals surface area contributed by atoms with Crippen molar-refractivity contribution in [2.24, 2.45) is 5.11 Å².